The Labute approximate surface area is 189 Å². The molecule has 0 amide bonds. The van der Waals surface area contributed by atoms with Gasteiger partial charge in [-0.05, 0) is 66.6 Å². The molecule has 3 rings (SSSR count). The van der Waals surface area contributed by atoms with E-state index in [1.54, 1.807) is 32.4 Å². The van der Waals surface area contributed by atoms with Crippen LogP contribution in [0.1, 0.15) is 30.4 Å². The molecule has 2 N–H and O–H groups in total. The maximum absolute atomic E-state index is 5.92. The minimum atomic E-state index is -0.0686. The van der Waals surface area contributed by atoms with Gasteiger partial charge in [-0.2, -0.15) is 0 Å². The van der Waals surface area contributed by atoms with Crippen LogP contribution >= 0.6 is 11.9 Å². The molecule has 7 heteroatoms. The second-order valence-electron chi connectivity index (χ2n) is 7.25. The molecule has 2 aromatic carbocycles. The van der Waals surface area contributed by atoms with E-state index in [-0.39, 0.29) is 6.23 Å². The number of methoxy groups -OCH3 is 2. The molecule has 0 saturated carbocycles. The second kappa shape index (κ2) is 12.4. The Hall–Kier alpha value is -2.48. The molecule has 0 bridgehead atoms. The number of aliphatic imine (C=N–C) groups is 1. The molecular weight excluding hydrogens is 410 g/mol. The molecule has 0 aliphatic carbocycles. The van der Waals surface area contributed by atoms with Crippen LogP contribution in [0.15, 0.2) is 64.6 Å². The number of rotatable bonds is 10. The summed E-state index contributed by atoms with van der Waals surface area (Å²) in [6.45, 7) is 2.26. The average molecular weight is 442 g/mol. The van der Waals surface area contributed by atoms with Gasteiger partial charge in [0.05, 0.1) is 19.1 Å². The van der Waals surface area contributed by atoms with Crippen LogP contribution in [-0.2, 0) is 17.8 Å². The molecule has 2 aromatic rings. The van der Waals surface area contributed by atoms with E-state index in [1.807, 2.05) is 30.5 Å². The van der Waals surface area contributed by atoms with Gasteiger partial charge in [0.25, 0.3) is 0 Å². The number of benzene rings is 2. The normalized spacial score (nSPS) is 17.3. The van der Waals surface area contributed by atoms with Gasteiger partial charge < -0.3 is 19.9 Å². The van der Waals surface area contributed by atoms with Crippen molar-refractivity contribution < 1.29 is 14.2 Å². The molecule has 1 aliphatic heterocycles. The van der Waals surface area contributed by atoms with Gasteiger partial charge in [-0.1, -0.05) is 24.3 Å². The van der Waals surface area contributed by atoms with Gasteiger partial charge in [0.2, 0.25) is 0 Å². The van der Waals surface area contributed by atoms with Crippen molar-refractivity contribution in [2.75, 3.05) is 20.8 Å². The van der Waals surface area contributed by atoms with Crippen molar-refractivity contribution in [3.8, 4) is 11.5 Å². The van der Waals surface area contributed by atoms with Gasteiger partial charge in [-0.15, -0.1) is 0 Å². The zero-order valence-corrected chi connectivity index (χ0v) is 19.0. The van der Waals surface area contributed by atoms with Gasteiger partial charge in [0.15, 0.2) is 0 Å². The van der Waals surface area contributed by atoms with Crippen LogP contribution in [0, 0.1) is 0 Å². The van der Waals surface area contributed by atoms with Crippen molar-refractivity contribution in [3.05, 3.63) is 70.8 Å². The Balaban J connectivity index is 1.71. The molecule has 0 spiro atoms. The van der Waals surface area contributed by atoms with Crippen molar-refractivity contribution in [2.24, 2.45) is 10.7 Å². The molecule has 0 radical (unpaired) electrons. The molecule has 1 fully saturated rings. The average Bonchev–Trinajstić information content (AvgIpc) is 2.83. The lowest BCUT2D eigenvalue weighted by Crippen LogP contribution is -2.18. The minimum Gasteiger partial charge on any atom is -0.497 e. The van der Waals surface area contributed by atoms with E-state index in [0.717, 1.165) is 55.4 Å². The molecule has 31 heavy (non-hydrogen) atoms. The van der Waals surface area contributed by atoms with Gasteiger partial charge in [-0.25, -0.2) is 4.31 Å². The van der Waals surface area contributed by atoms with Gasteiger partial charge in [0, 0.05) is 32.1 Å². The van der Waals surface area contributed by atoms with E-state index in [4.69, 9.17) is 19.9 Å². The van der Waals surface area contributed by atoms with Crippen LogP contribution in [-0.4, -0.2) is 37.6 Å². The highest BCUT2D eigenvalue weighted by Crippen LogP contribution is 2.26. The lowest BCUT2D eigenvalue weighted by molar-refractivity contribution is 0.0227. The van der Waals surface area contributed by atoms with Crippen molar-refractivity contribution >= 4 is 18.2 Å². The molecule has 0 aromatic heterocycles. The summed E-state index contributed by atoms with van der Waals surface area (Å²) in [7, 11) is 3.35. The molecule has 1 heterocycles. The molecule has 1 aliphatic rings. The maximum atomic E-state index is 5.92. The van der Waals surface area contributed by atoms with E-state index in [2.05, 4.69) is 33.6 Å². The van der Waals surface area contributed by atoms with Gasteiger partial charge in [0.1, 0.15) is 17.7 Å². The second-order valence-corrected chi connectivity index (χ2v) is 8.42. The SMILES string of the molecule is COc1ccc(CN(Cc2ccc(OC)cc2)SC(C=NC2CCCCO2)=CN)cc1. The fraction of sp³-hybridized carbons (Fsp3) is 0.375. The highest BCUT2D eigenvalue weighted by atomic mass is 32.2. The number of hydrogen-bond donors (Lipinski definition) is 1. The lowest BCUT2D eigenvalue weighted by Gasteiger charge is -2.22. The number of hydrogen-bond acceptors (Lipinski definition) is 7. The minimum absolute atomic E-state index is 0.0686. The number of nitrogens with zero attached hydrogens (tertiary/aromatic N) is 2. The van der Waals surface area contributed by atoms with Crippen molar-refractivity contribution in [2.45, 2.75) is 38.6 Å². The molecule has 166 valence electrons. The zero-order chi connectivity index (χ0) is 21.9. The third-order valence-corrected chi connectivity index (χ3v) is 5.93. The van der Waals surface area contributed by atoms with Crippen LogP contribution in [0.2, 0.25) is 0 Å². The monoisotopic (exact) mass is 441 g/mol. The van der Waals surface area contributed by atoms with E-state index in [9.17, 15) is 0 Å². The fourth-order valence-electron chi connectivity index (χ4n) is 3.23. The Morgan fingerprint density at radius 2 is 1.61 bits per heavy atom. The number of allylic oxidation sites excluding steroid dienone is 1. The largest absolute Gasteiger partial charge is 0.497 e. The first-order valence-electron chi connectivity index (χ1n) is 10.5. The zero-order valence-electron chi connectivity index (χ0n) is 18.2. The smallest absolute Gasteiger partial charge is 0.148 e. The molecule has 1 unspecified atom stereocenters. The van der Waals surface area contributed by atoms with Crippen molar-refractivity contribution in [1.82, 2.24) is 4.31 Å². The molecular formula is C24H31N3O3S. The summed E-state index contributed by atoms with van der Waals surface area (Å²) >= 11 is 1.59. The molecule has 1 saturated heterocycles. The van der Waals surface area contributed by atoms with E-state index in [1.165, 1.54) is 11.1 Å². The standard InChI is InChI=1S/C24H31N3O3S/c1-28-21-10-6-19(7-11-21)17-27(18-20-8-12-22(29-2)13-9-20)31-23(15-25)16-26-24-5-3-4-14-30-24/h6-13,15-16,24H,3-5,14,17-18,25H2,1-2H3. The summed E-state index contributed by atoms with van der Waals surface area (Å²) in [5.41, 5.74) is 8.30. The van der Waals surface area contributed by atoms with Crippen LogP contribution < -0.4 is 15.2 Å². The van der Waals surface area contributed by atoms with Crippen LogP contribution in [0.25, 0.3) is 0 Å². The van der Waals surface area contributed by atoms with Crippen LogP contribution in [0.4, 0.5) is 0 Å². The van der Waals surface area contributed by atoms with Crippen LogP contribution in [0.5, 0.6) is 11.5 Å². The first kappa shape index (κ1) is 23.2. The number of nitrogens with two attached hydrogens (primary N) is 1. The summed E-state index contributed by atoms with van der Waals surface area (Å²) in [6.07, 6.45) is 6.58. The van der Waals surface area contributed by atoms with Gasteiger partial charge >= 0.3 is 0 Å². The van der Waals surface area contributed by atoms with E-state index >= 15 is 0 Å². The summed E-state index contributed by atoms with van der Waals surface area (Å²) in [5.74, 6) is 1.69. The van der Waals surface area contributed by atoms with Crippen LogP contribution in [0.3, 0.4) is 0 Å². The number of ether oxygens (including phenoxy) is 3. The predicted octanol–water partition coefficient (Wildman–Crippen LogP) is 4.75. The summed E-state index contributed by atoms with van der Waals surface area (Å²) in [5, 5.41) is 0. The summed E-state index contributed by atoms with van der Waals surface area (Å²) < 4.78 is 18.5. The third kappa shape index (κ3) is 7.61. The first-order valence-corrected chi connectivity index (χ1v) is 11.2. The highest BCUT2D eigenvalue weighted by Gasteiger charge is 2.14. The van der Waals surface area contributed by atoms with Crippen molar-refractivity contribution in [1.29, 1.82) is 0 Å². The predicted molar refractivity (Wildman–Crippen MR) is 127 cm³/mol. The summed E-state index contributed by atoms with van der Waals surface area (Å²) in [4.78, 5) is 5.48. The molecule has 1 atom stereocenters. The third-order valence-electron chi connectivity index (χ3n) is 4.96. The van der Waals surface area contributed by atoms with Gasteiger partial charge in [-0.3, -0.25) is 4.99 Å². The first-order chi connectivity index (χ1) is 15.2. The Bertz CT molecular complexity index is 798. The maximum Gasteiger partial charge on any atom is 0.148 e. The fourth-order valence-corrected chi connectivity index (χ4v) is 4.13. The summed E-state index contributed by atoms with van der Waals surface area (Å²) in [6, 6.07) is 16.2. The lowest BCUT2D eigenvalue weighted by atomic mass is 10.2. The Morgan fingerprint density at radius 3 is 2.06 bits per heavy atom. The van der Waals surface area contributed by atoms with Crippen molar-refractivity contribution in [3.63, 3.8) is 0 Å². The highest BCUT2D eigenvalue weighted by molar-refractivity contribution is 8.01. The van der Waals surface area contributed by atoms with E-state index in [0.29, 0.717) is 0 Å². The Morgan fingerprint density at radius 1 is 1.03 bits per heavy atom. The van der Waals surface area contributed by atoms with E-state index < -0.39 is 0 Å². The topological polar surface area (TPSA) is 69.3 Å². The Kier molecular flexibility index (Phi) is 9.27. The molecule has 6 nitrogen and oxygen atoms in total. The quantitative estimate of drug-likeness (QED) is 0.424.